The van der Waals surface area contributed by atoms with Gasteiger partial charge in [-0.3, -0.25) is 4.79 Å². The van der Waals surface area contributed by atoms with Crippen molar-refractivity contribution in [3.05, 3.63) is 23.8 Å². The maximum atomic E-state index is 13.1. The largest absolute Gasteiger partial charge is 0.493 e. The lowest BCUT2D eigenvalue weighted by atomic mass is 9.49. The third kappa shape index (κ3) is 3.81. The molecule has 4 aliphatic carbocycles. The average molecular weight is 372 g/mol. The van der Waals surface area contributed by atoms with Gasteiger partial charge in [-0.25, -0.2) is 0 Å². The van der Waals surface area contributed by atoms with E-state index >= 15 is 0 Å². The molecular formula is C23H33NO3. The molecule has 1 aromatic carbocycles. The minimum Gasteiger partial charge on any atom is -0.493 e. The summed E-state index contributed by atoms with van der Waals surface area (Å²) in [4.78, 5) is 13.1. The van der Waals surface area contributed by atoms with E-state index in [1.165, 1.54) is 19.3 Å². The summed E-state index contributed by atoms with van der Waals surface area (Å²) in [6.45, 7) is 3.41. The Balaban J connectivity index is 1.38. The zero-order valence-electron chi connectivity index (χ0n) is 16.8. The number of amides is 1. The number of benzene rings is 1. The van der Waals surface area contributed by atoms with Crippen LogP contribution in [0.1, 0.15) is 63.9 Å². The van der Waals surface area contributed by atoms with Crippen LogP contribution in [0.2, 0.25) is 0 Å². The fourth-order valence-corrected chi connectivity index (χ4v) is 6.03. The van der Waals surface area contributed by atoms with Crippen molar-refractivity contribution < 1.29 is 14.3 Å². The van der Waals surface area contributed by atoms with Crippen molar-refractivity contribution in [1.29, 1.82) is 0 Å². The quantitative estimate of drug-likeness (QED) is 0.674. The van der Waals surface area contributed by atoms with E-state index in [-0.39, 0.29) is 11.3 Å². The zero-order chi connectivity index (χ0) is 18.9. The topological polar surface area (TPSA) is 47.6 Å². The minimum atomic E-state index is -0.0813. The van der Waals surface area contributed by atoms with Crippen molar-refractivity contribution >= 4 is 5.91 Å². The third-order valence-electron chi connectivity index (χ3n) is 6.96. The molecule has 4 fully saturated rings. The van der Waals surface area contributed by atoms with Gasteiger partial charge in [0, 0.05) is 12.0 Å². The molecule has 5 rings (SSSR count). The van der Waals surface area contributed by atoms with Crippen molar-refractivity contribution in [3.8, 4) is 11.5 Å². The van der Waals surface area contributed by atoms with Gasteiger partial charge in [0.1, 0.15) is 0 Å². The molecule has 148 valence electrons. The number of unbranched alkanes of at least 4 members (excludes halogenated alkanes) is 1. The lowest BCUT2D eigenvalue weighted by Crippen LogP contribution is -2.53. The summed E-state index contributed by atoms with van der Waals surface area (Å²) in [5.41, 5.74) is 0.981. The van der Waals surface area contributed by atoms with Crippen LogP contribution in [-0.4, -0.2) is 19.6 Å². The molecule has 0 saturated heterocycles. The van der Waals surface area contributed by atoms with Gasteiger partial charge in [0.15, 0.2) is 11.5 Å². The fourth-order valence-electron chi connectivity index (χ4n) is 6.03. The van der Waals surface area contributed by atoms with E-state index in [4.69, 9.17) is 9.47 Å². The van der Waals surface area contributed by atoms with Crippen LogP contribution in [0.25, 0.3) is 0 Å². The van der Waals surface area contributed by atoms with E-state index in [9.17, 15) is 4.79 Å². The van der Waals surface area contributed by atoms with Gasteiger partial charge >= 0.3 is 0 Å². The number of hydrogen-bond donors (Lipinski definition) is 1. The van der Waals surface area contributed by atoms with Gasteiger partial charge in [0.2, 0.25) is 5.91 Å². The Morgan fingerprint density at radius 1 is 1.11 bits per heavy atom. The normalized spacial score (nSPS) is 31.0. The molecule has 4 nitrogen and oxygen atoms in total. The van der Waals surface area contributed by atoms with Crippen LogP contribution in [-0.2, 0) is 11.3 Å². The van der Waals surface area contributed by atoms with Crippen LogP contribution in [0.3, 0.4) is 0 Å². The molecule has 0 aromatic heterocycles. The average Bonchev–Trinajstić information content (AvgIpc) is 2.65. The number of nitrogens with one attached hydrogen (secondary N) is 1. The van der Waals surface area contributed by atoms with Crippen molar-refractivity contribution in [1.82, 2.24) is 5.32 Å². The van der Waals surface area contributed by atoms with Crippen LogP contribution in [0.5, 0.6) is 11.5 Å². The number of carbonyl (C=O) groups is 1. The van der Waals surface area contributed by atoms with Crippen LogP contribution >= 0.6 is 0 Å². The smallest absolute Gasteiger partial charge is 0.226 e. The summed E-state index contributed by atoms with van der Waals surface area (Å²) in [5, 5.41) is 3.24. The Morgan fingerprint density at radius 2 is 1.78 bits per heavy atom. The van der Waals surface area contributed by atoms with Gasteiger partial charge < -0.3 is 14.8 Å². The summed E-state index contributed by atoms with van der Waals surface area (Å²) in [5.74, 6) is 4.18. The summed E-state index contributed by atoms with van der Waals surface area (Å²) >= 11 is 0. The van der Waals surface area contributed by atoms with Crippen molar-refractivity contribution in [2.45, 2.75) is 64.8 Å². The van der Waals surface area contributed by atoms with Gasteiger partial charge in [-0.2, -0.15) is 0 Å². The second-order valence-corrected chi connectivity index (χ2v) is 9.07. The number of methoxy groups -OCH3 is 1. The molecule has 4 aliphatic rings. The molecule has 1 amide bonds. The number of carbonyl (C=O) groups excluding carboxylic acids is 1. The first-order valence-electron chi connectivity index (χ1n) is 10.7. The molecule has 0 spiro atoms. The predicted molar refractivity (Wildman–Crippen MR) is 106 cm³/mol. The Hall–Kier alpha value is -1.71. The first kappa shape index (κ1) is 18.6. The van der Waals surface area contributed by atoms with E-state index in [0.717, 1.165) is 66.9 Å². The minimum absolute atomic E-state index is 0.0813. The van der Waals surface area contributed by atoms with Gasteiger partial charge in [-0.1, -0.05) is 19.4 Å². The molecule has 4 saturated carbocycles. The third-order valence-corrected chi connectivity index (χ3v) is 6.96. The van der Waals surface area contributed by atoms with E-state index in [0.29, 0.717) is 13.2 Å². The SMILES string of the molecule is CCCCOc1ccc(CNC(=O)C23CC4CC(CC(C4)C2)C3)cc1OC. The summed E-state index contributed by atoms with van der Waals surface area (Å²) in [7, 11) is 1.67. The predicted octanol–water partition coefficient (Wildman–Crippen LogP) is 4.71. The number of hydrogen-bond acceptors (Lipinski definition) is 3. The monoisotopic (exact) mass is 371 g/mol. The number of rotatable bonds is 8. The van der Waals surface area contributed by atoms with Gasteiger partial charge in [-0.05, 0) is 80.4 Å². The van der Waals surface area contributed by atoms with Crippen molar-refractivity contribution in [3.63, 3.8) is 0 Å². The van der Waals surface area contributed by atoms with Crippen LogP contribution in [0.15, 0.2) is 18.2 Å². The summed E-state index contributed by atoms with van der Waals surface area (Å²) in [6, 6.07) is 5.98. The Kier molecular flexibility index (Phi) is 5.34. The second-order valence-electron chi connectivity index (χ2n) is 9.07. The van der Waals surface area contributed by atoms with Crippen molar-refractivity contribution in [2.75, 3.05) is 13.7 Å². The number of ether oxygens (including phenoxy) is 2. The summed E-state index contributed by atoms with van der Waals surface area (Å²) < 4.78 is 11.3. The summed E-state index contributed by atoms with van der Waals surface area (Å²) in [6.07, 6.45) is 9.56. The van der Waals surface area contributed by atoms with Gasteiger partial charge in [0.05, 0.1) is 13.7 Å². The van der Waals surface area contributed by atoms with Crippen molar-refractivity contribution in [2.24, 2.45) is 23.2 Å². The maximum absolute atomic E-state index is 13.1. The molecule has 0 unspecified atom stereocenters. The highest BCUT2D eigenvalue weighted by Crippen LogP contribution is 2.60. The lowest BCUT2D eigenvalue weighted by molar-refractivity contribution is -0.146. The molecular weight excluding hydrogens is 338 g/mol. The molecule has 0 heterocycles. The van der Waals surface area contributed by atoms with E-state index < -0.39 is 0 Å². The van der Waals surface area contributed by atoms with Gasteiger partial charge in [0.25, 0.3) is 0 Å². The maximum Gasteiger partial charge on any atom is 0.226 e. The standard InChI is InChI=1S/C23H33NO3/c1-3-4-7-27-20-6-5-16(11-21(20)26-2)15-24-22(25)23-12-17-8-18(13-23)10-19(9-17)14-23/h5-6,11,17-19H,3-4,7-10,12-15H2,1-2H3,(H,24,25). The molecule has 0 aliphatic heterocycles. The Bertz CT molecular complexity index is 649. The highest BCUT2D eigenvalue weighted by atomic mass is 16.5. The lowest BCUT2D eigenvalue weighted by Gasteiger charge is -2.55. The molecule has 1 N–H and O–H groups in total. The highest BCUT2D eigenvalue weighted by Gasteiger charge is 2.54. The highest BCUT2D eigenvalue weighted by molar-refractivity contribution is 5.83. The molecule has 4 heteroatoms. The van der Waals surface area contributed by atoms with E-state index in [2.05, 4.69) is 12.2 Å². The van der Waals surface area contributed by atoms with Crippen LogP contribution < -0.4 is 14.8 Å². The Labute approximate surface area is 163 Å². The van der Waals surface area contributed by atoms with Gasteiger partial charge in [-0.15, -0.1) is 0 Å². The fraction of sp³-hybridized carbons (Fsp3) is 0.696. The zero-order valence-corrected chi connectivity index (χ0v) is 16.8. The van der Waals surface area contributed by atoms with Crippen LogP contribution in [0.4, 0.5) is 0 Å². The first-order valence-corrected chi connectivity index (χ1v) is 10.7. The molecule has 27 heavy (non-hydrogen) atoms. The molecule has 4 bridgehead atoms. The van der Waals surface area contributed by atoms with Crippen LogP contribution in [0, 0.1) is 23.2 Å². The van der Waals surface area contributed by atoms with E-state index in [1.807, 2.05) is 18.2 Å². The Morgan fingerprint density at radius 3 is 2.37 bits per heavy atom. The first-order chi connectivity index (χ1) is 13.1. The second kappa shape index (κ2) is 7.73. The molecule has 0 atom stereocenters. The van der Waals surface area contributed by atoms with E-state index in [1.54, 1.807) is 7.11 Å². The molecule has 0 radical (unpaired) electrons. The molecule has 1 aromatic rings.